The Morgan fingerprint density at radius 1 is 1.40 bits per heavy atom. The third kappa shape index (κ3) is 3.73. The third-order valence-electron chi connectivity index (χ3n) is 4.19. The molecule has 1 N–H and O–H groups in total. The molecule has 0 spiro atoms. The van der Waals surface area contributed by atoms with Crippen LogP contribution < -0.4 is 0 Å². The summed E-state index contributed by atoms with van der Waals surface area (Å²) in [5, 5.41) is 2.24. The molecule has 9 heteroatoms. The Balaban J connectivity index is 2.04. The Kier molecular flexibility index (Phi) is 5.17. The lowest BCUT2D eigenvalue weighted by molar-refractivity contribution is -0.147. The molecule has 0 radical (unpaired) electrons. The highest BCUT2D eigenvalue weighted by Crippen LogP contribution is 2.35. The molecular weight excluding hydrogens is 386 g/mol. The average molecular weight is 402 g/mol. The van der Waals surface area contributed by atoms with Crippen LogP contribution in [-0.2, 0) is 32.6 Å². The number of methoxy groups -OCH3 is 1. The molecule has 6 nitrogen and oxygen atoms in total. The van der Waals surface area contributed by atoms with E-state index in [1.807, 2.05) is 16.3 Å². The summed E-state index contributed by atoms with van der Waals surface area (Å²) in [5.74, 6) is -0.534. The van der Waals surface area contributed by atoms with Crippen molar-refractivity contribution in [2.45, 2.75) is 23.9 Å². The van der Waals surface area contributed by atoms with Gasteiger partial charge in [-0.2, -0.15) is 8.42 Å². The topological polar surface area (TPSA) is 83.9 Å². The van der Waals surface area contributed by atoms with Crippen LogP contribution in [0.15, 0.2) is 34.5 Å². The molecule has 2 aromatic rings. The molecule has 0 aliphatic carbocycles. The number of nitrogens with zero attached hydrogens (tertiary/aromatic N) is 1. The van der Waals surface area contributed by atoms with E-state index in [9.17, 15) is 17.8 Å². The number of ether oxygens (including phenoxy) is 1. The van der Waals surface area contributed by atoms with E-state index >= 15 is 0 Å². The fourth-order valence-electron chi connectivity index (χ4n) is 2.97. The summed E-state index contributed by atoms with van der Waals surface area (Å²) in [6, 6.07) is 4.93. The quantitative estimate of drug-likeness (QED) is 0.626. The minimum Gasteiger partial charge on any atom is -0.468 e. The Bertz CT molecular complexity index is 909. The largest absolute Gasteiger partial charge is 0.468 e. The van der Waals surface area contributed by atoms with Crippen LogP contribution in [-0.4, -0.2) is 37.5 Å². The van der Waals surface area contributed by atoms with Gasteiger partial charge in [0.25, 0.3) is 10.1 Å². The van der Waals surface area contributed by atoms with Gasteiger partial charge < -0.3 is 4.74 Å². The summed E-state index contributed by atoms with van der Waals surface area (Å²) in [6.45, 7) is 1.14. The minimum absolute atomic E-state index is 0.235. The van der Waals surface area contributed by atoms with Crippen molar-refractivity contribution in [3.05, 3.63) is 50.7 Å². The van der Waals surface area contributed by atoms with E-state index in [1.54, 1.807) is 11.3 Å². The molecule has 0 bridgehead atoms. The molecule has 0 saturated heterocycles. The zero-order valence-electron chi connectivity index (χ0n) is 13.3. The predicted molar refractivity (Wildman–Crippen MR) is 94.5 cm³/mol. The van der Waals surface area contributed by atoms with Gasteiger partial charge in [-0.15, -0.1) is 11.3 Å². The summed E-state index contributed by atoms with van der Waals surface area (Å²) >= 11 is 7.91. The number of carbonyl (C=O) groups is 1. The van der Waals surface area contributed by atoms with Crippen LogP contribution >= 0.6 is 22.9 Å². The van der Waals surface area contributed by atoms with Gasteiger partial charge in [0.1, 0.15) is 6.04 Å². The number of carbonyl (C=O) groups excluding carboxylic acids is 1. The maximum atomic E-state index is 12.4. The molecule has 1 aromatic carbocycles. The van der Waals surface area contributed by atoms with Gasteiger partial charge in [-0.1, -0.05) is 11.6 Å². The van der Waals surface area contributed by atoms with Gasteiger partial charge in [0.15, 0.2) is 0 Å². The molecule has 0 fully saturated rings. The second-order valence-electron chi connectivity index (χ2n) is 5.67. The first-order chi connectivity index (χ1) is 11.8. The Hall–Kier alpha value is -1.45. The molecule has 0 amide bonds. The van der Waals surface area contributed by atoms with Gasteiger partial charge in [-0.25, -0.2) is 4.79 Å². The first-order valence-electron chi connectivity index (χ1n) is 7.45. The molecule has 134 valence electrons. The van der Waals surface area contributed by atoms with Crippen LogP contribution in [0.1, 0.15) is 22.0 Å². The van der Waals surface area contributed by atoms with E-state index < -0.39 is 22.1 Å². The van der Waals surface area contributed by atoms with Gasteiger partial charge in [0, 0.05) is 28.6 Å². The van der Waals surface area contributed by atoms with Gasteiger partial charge >= 0.3 is 5.97 Å². The number of benzene rings is 1. The van der Waals surface area contributed by atoms with Crippen LogP contribution in [0.2, 0.25) is 5.02 Å². The molecule has 3 rings (SSSR count). The number of fused-ring (bicyclic) bond motifs is 1. The van der Waals surface area contributed by atoms with Crippen molar-refractivity contribution in [3.8, 4) is 0 Å². The van der Waals surface area contributed by atoms with E-state index in [2.05, 4.69) is 0 Å². The summed E-state index contributed by atoms with van der Waals surface area (Å²) in [7, 11) is -3.13. The Morgan fingerprint density at radius 2 is 2.16 bits per heavy atom. The first kappa shape index (κ1) is 18.3. The lowest BCUT2D eigenvalue weighted by atomic mass is 10.0. The molecule has 2 heterocycles. The van der Waals surface area contributed by atoms with Gasteiger partial charge in [0.05, 0.1) is 12.0 Å². The Morgan fingerprint density at radius 3 is 2.84 bits per heavy atom. The molecule has 1 atom stereocenters. The number of hydrogen-bond acceptors (Lipinski definition) is 6. The second-order valence-corrected chi connectivity index (χ2v) is 8.50. The maximum Gasteiger partial charge on any atom is 0.327 e. The average Bonchev–Trinajstić information content (AvgIpc) is 3.03. The zero-order chi connectivity index (χ0) is 18.2. The number of thiophene rings is 1. The first-order valence-corrected chi connectivity index (χ1v) is 10.1. The lowest BCUT2D eigenvalue weighted by Gasteiger charge is -2.33. The molecule has 1 aliphatic heterocycles. The monoisotopic (exact) mass is 401 g/mol. The van der Waals surface area contributed by atoms with E-state index in [1.165, 1.54) is 30.2 Å². The van der Waals surface area contributed by atoms with E-state index in [0.717, 1.165) is 12.0 Å². The molecule has 0 saturated carbocycles. The van der Waals surface area contributed by atoms with Crippen molar-refractivity contribution < 1.29 is 22.5 Å². The Labute approximate surface area is 154 Å². The number of rotatable bonds is 4. The third-order valence-corrected chi connectivity index (χ3v) is 6.40. The number of hydrogen-bond donors (Lipinski definition) is 1. The van der Waals surface area contributed by atoms with Crippen LogP contribution in [0, 0.1) is 0 Å². The number of halogens is 1. The highest BCUT2D eigenvalue weighted by atomic mass is 35.5. The highest BCUT2D eigenvalue weighted by Gasteiger charge is 2.33. The van der Waals surface area contributed by atoms with Crippen molar-refractivity contribution in [2.75, 3.05) is 13.7 Å². The molecular formula is C16H16ClNO5S2. The fourth-order valence-corrected chi connectivity index (χ4v) is 4.59. The van der Waals surface area contributed by atoms with E-state index in [0.29, 0.717) is 18.7 Å². The highest BCUT2D eigenvalue weighted by molar-refractivity contribution is 7.85. The summed E-state index contributed by atoms with van der Waals surface area (Å²) in [5.41, 5.74) is 1.43. The predicted octanol–water partition coefficient (Wildman–Crippen LogP) is 2.92. The van der Waals surface area contributed by atoms with Crippen molar-refractivity contribution >= 4 is 39.0 Å². The van der Waals surface area contributed by atoms with Crippen molar-refractivity contribution in [3.63, 3.8) is 0 Å². The van der Waals surface area contributed by atoms with Crippen molar-refractivity contribution in [1.82, 2.24) is 4.90 Å². The standard InChI is InChI=1S/C16H16ClNO5S2/c1-23-16(19)15(18-6-4-14-10(9-18)5-7-24-14)12-8-11(25(20,21)22)2-3-13(12)17/h2-3,5,7-8,15H,4,6,9H2,1H3,(H,20,21,22). The van der Waals surface area contributed by atoms with Gasteiger partial charge in [-0.05, 0) is 41.6 Å². The van der Waals surface area contributed by atoms with Gasteiger partial charge in [0.2, 0.25) is 0 Å². The molecule has 1 aliphatic rings. The lowest BCUT2D eigenvalue weighted by Crippen LogP contribution is -2.38. The van der Waals surface area contributed by atoms with Crippen molar-refractivity contribution in [1.29, 1.82) is 0 Å². The van der Waals surface area contributed by atoms with E-state index in [-0.39, 0.29) is 9.92 Å². The SMILES string of the molecule is COC(=O)C(c1cc(S(=O)(=O)O)ccc1Cl)N1CCc2sccc2C1. The van der Waals surface area contributed by atoms with Crippen LogP contribution in [0.25, 0.3) is 0 Å². The molecule has 25 heavy (non-hydrogen) atoms. The van der Waals surface area contributed by atoms with Crippen LogP contribution in [0.4, 0.5) is 0 Å². The van der Waals surface area contributed by atoms with Crippen LogP contribution in [0.3, 0.4) is 0 Å². The zero-order valence-corrected chi connectivity index (χ0v) is 15.7. The normalized spacial score (nSPS) is 16.3. The minimum atomic E-state index is -4.41. The van der Waals surface area contributed by atoms with E-state index in [4.69, 9.17) is 16.3 Å². The second kappa shape index (κ2) is 7.05. The molecule has 1 aromatic heterocycles. The maximum absolute atomic E-state index is 12.4. The smallest absolute Gasteiger partial charge is 0.327 e. The fraction of sp³-hybridized carbons (Fsp3) is 0.312. The molecule has 1 unspecified atom stereocenters. The summed E-state index contributed by atoms with van der Waals surface area (Å²) in [4.78, 5) is 15.3. The summed E-state index contributed by atoms with van der Waals surface area (Å²) < 4.78 is 37.1. The van der Waals surface area contributed by atoms with Crippen LogP contribution in [0.5, 0.6) is 0 Å². The summed E-state index contributed by atoms with van der Waals surface area (Å²) in [6.07, 6.45) is 0.788. The number of esters is 1. The van der Waals surface area contributed by atoms with Crippen molar-refractivity contribution in [2.24, 2.45) is 0 Å². The van der Waals surface area contributed by atoms with Gasteiger partial charge in [-0.3, -0.25) is 9.45 Å².